The van der Waals surface area contributed by atoms with Crippen molar-refractivity contribution >= 4 is 5.97 Å². The van der Waals surface area contributed by atoms with Gasteiger partial charge < -0.3 is 15.2 Å². The normalized spacial score (nSPS) is 10.5. The predicted octanol–water partition coefficient (Wildman–Crippen LogP) is 2.22. The molecule has 0 saturated carbocycles. The molecule has 0 aliphatic rings. The van der Waals surface area contributed by atoms with Crippen LogP contribution in [0.1, 0.15) is 27.2 Å². The van der Waals surface area contributed by atoms with E-state index < -0.39 is 5.97 Å². The van der Waals surface area contributed by atoms with E-state index in [-0.39, 0.29) is 5.56 Å². The highest BCUT2D eigenvalue weighted by Crippen LogP contribution is 2.07. The van der Waals surface area contributed by atoms with Crippen LogP contribution in [-0.2, 0) is 24.4 Å². The van der Waals surface area contributed by atoms with Crippen LogP contribution < -0.4 is 5.32 Å². The maximum atomic E-state index is 10.7. The summed E-state index contributed by atoms with van der Waals surface area (Å²) >= 11 is 0. The fraction of sp³-hybridized carbons (Fsp3) is 0.250. The highest BCUT2D eigenvalue weighted by molar-refractivity contribution is 5.87. The summed E-state index contributed by atoms with van der Waals surface area (Å²) in [5, 5.41) is 12.1. The number of hydrogen-bond donors (Lipinski definition) is 2. The topological polar surface area (TPSA) is 71.5 Å². The minimum absolute atomic E-state index is 0.200. The Balaban J connectivity index is 1.86. The Morgan fingerprint density at radius 3 is 2.71 bits per heavy atom. The van der Waals surface area contributed by atoms with Crippen molar-refractivity contribution in [1.82, 2.24) is 10.3 Å². The smallest absolute Gasteiger partial charge is 0.337 e. The summed E-state index contributed by atoms with van der Waals surface area (Å²) in [4.78, 5) is 14.8. The molecule has 0 fully saturated rings. The summed E-state index contributed by atoms with van der Waals surface area (Å²) in [5.41, 5.74) is 3.33. The number of aromatic carboxylic acids is 1. The summed E-state index contributed by atoms with van der Waals surface area (Å²) in [6.07, 6.45) is 1.37. The fourth-order valence-electron chi connectivity index (χ4n) is 1.99. The van der Waals surface area contributed by atoms with Crippen LogP contribution in [-0.4, -0.2) is 23.2 Å². The first-order valence-corrected chi connectivity index (χ1v) is 6.64. The number of rotatable bonds is 7. The number of methoxy groups -OCH3 is 1. The van der Waals surface area contributed by atoms with Crippen LogP contribution in [0.4, 0.5) is 0 Å². The first-order chi connectivity index (χ1) is 10.2. The molecule has 2 N–H and O–H groups in total. The molecular formula is C16H18N2O3. The van der Waals surface area contributed by atoms with Crippen molar-refractivity contribution in [3.63, 3.8) is 0 Å². The van der Waals surface area contributed by atoms with Gasteiger partial charge in [0.25, 0.3) is 0 Å². The summed E-state index contributed by atoms with van der Waals surface area (Å²) in [5.74, 6) is -0.961. The Kier molecular flexibility index (Phi) is 5.43. The van der Waals surface area contributed by atoms with Gasteiger partial charge >= 0.3 is 5.97 Å². The number of ether oxygens (including phenoxy) is 1. The third-order valence-corrected chi connectivity index (χ3v) is 3.01. The summed E-state index contributed by atoms with van der Waals surface area (Å²) in [6.45, 7) is 1.92. The summed E-state index contributed by atoms with van der Waals surface area (Å²) in [6, 6.07) is 11.5. The van der Waals surface area contributed by atoms with Gasteiger partial charge in [0.2, 0.25) is 0 Å². The molecule has 0 amide bonds. The highest BCUT2D eigenvalue weighted by atomic mass is 16.5. The van der Waals surface area contributed by atoms with Crippen molar-refractivity contribution in [3.05, 3.63) is 65.0 Å². The Labute approximate surface area is 123 Å². The molecule has 5 heteroatoms. The van der Waals surface area contributed by atoms with Gasteiger partial charge in [-0.1, -0.05) is 24.3 Å². The van der Waals surface area contributed by atoms with Crippen LogP contribution >= 0.6 is 0 Å². The van der Waals surface area contributed by atoms with Crippen LogP contribution in [0.15, 0.2) is 42.6 Å². The van der Waals surface area contributed by atoms with Gasteiger partial charge in [0.05, 0.1) is 17.9 Å². The minimum Gasteiger partial charge on any atom is -0.478 e. The molecule has 1 aromatic heterocycles. The van der Waals surface area contributed by atoms with E-state index in [4.69, 9.17) is 9.84 Å². The van der Waals surface area contributed by atoms with Crippen molar-refractivity contribution in [2.75, 3.05) is 7.11 Å². The van der Waals surface area contributed by atoms with Crippen LogP contribution in [0.25, 0.3) is 0 Å². The summed E-state index contributed by atoms with van der Waals surface area (Å²) in [7, 11) is 1.68. The van der Waals surface area contributed by atoms with Crippen LogP contribution in [0, 0.1) is 0 Å². The van der Waals surface area contributed by atoms with Crippen LogP contribution in [0.5, 0.6) is 0 Å². The molecular weight excluding hydrogens is 268 g/mol. The standard InChI is InChI=1S/C16H18N2O3/c1-21-11-13-4-2-3-12(7-13)8-17-10-15-6-5-14(9-18-15)16(19)20/h2-7,9,17H,8,10-11H2,1H3,(H,19,20). The van der Waals surface area contributed by atoms with Crippen molar-refractivity contribution in [2.24, 2.45) is 0 Å². The monoisotopic (exact) mass is 286 g/mol. The van der Waals surface area contributed by atoms with Gasteiger partial charge in [0, 0.05) is 26.4 Å². The largest absolute Gasteiger partial charge is 0.478 e. The van der Waals surface area contributed by atoms with Crippen molar-refractivity contribution < 1.29 is 14.6 Å². The molecule has 0 unspecified atom stereocenters. The van der Waals surface area contributed by atoms with Crippen LogP contribution in [0.2, 0.25) is 0 Å². The molecule has 2 aromatic rings. The van der Waals surface area contributed by atoms with Crippen molar-refractivity contribution in [2.45, 2.75) is 19.7 Å². The second-order valence-electron chi connectivity index (χ2n) is 4.70. The quantitative estimate of drug-likeness (QED) is 0.816. The first-order valence-electron chi connectivity index (χ1n) is 6.64. The van der Waals surface area contributed by atoms with Gasteiger partial charge in [-0.3, -0.25) is 4.98 Å². The molecule has 110 valence electrons. The van der Waals surface area contributed by atoms with E-state index in [1.165, 1.54) is 11.8 Å². The van der Waals surface area contributed by atoms with E-state index in [9.17, 15) is 4.79 Å². The zero-order valence-corrected chi connectivity index (χ0v) is 11.9. The Morgan fingerprint density at radius 1 is 1.24 bits per heavy atom. The number of pyridine rings is 1. The molecule has 0 bridgehead atoms. The van der Waals surface area contributed by atoms with Crippen LogP contribution in [0.3, 0.4) is 0 Å². The van der Waals surface area contributed by atoms with E-state index >= 15 is 0 Å². The molecule has 0 radical (unpaired) electrons. The summed E-state index contributed by atoms with van der Waals surface area (Å²) < 4.78 is 5.11. The minimum atomic E-state index is -0.961. The van der Waals surface area contributed by atoms with E-state index in [1.807, 2.05) is 18.2 Å². The first kappa shape index (κ1) is 15.2. The molecule has 1 aromatic carbocycles. The maximum absolute atomic E-state index is 10.7. The maximum Gasteiger partial charge on any atom is 0.337 e. The van der Waals surface area contributed by atoms with E-state index in [2.05, 4.69) is 16.4 Å². The number of nitrogens with one attached hydrogen (secondary N) is 1. The number of carboxylic acids is 1. The van der Waals surface area contributed by atoms with Gasteiger partial charge in [0.1, 0.15) is 0 Å². The van der Waals surface area contributed by atoms with E-state index in [0.29, 0.717) is 13.2 Å². The van der Waals surface area contributed by atoms with Crippen molar-refractivity contribution in [1.29, 1.82) is 0 Å². The lowest BCUT2D eigenvalue weighted by Gasteiger charge is -2.07. The fourth-order valence-corrected chi connectivity index (χ4v) is 1.99. The molecule has 1 heterocycles. The lowest BCUT2D eigenvalue weighted by atomic mass is 10.1. The second-order valence-corrected chi connectivity index (χ2v) is 4.70. The third kappa shape index (κ3) is 4.66. The Hall–Kier alpha value is -2.24. The van der Waals surface area contributed by atoms with Gasteiger partial charge in [-0.2, -0.15) is 0 Å². The van der Waals surface area contributed by atoms with E-state index in [0.717, 1.165) is 17.8 Å². The number of carbonyl (C=O) groups is 1. The van der Waals surface area contributed by atoms with Crippen molar-refractivity contribution in [3.8, 4) is 0 Å². The van der Waals surface area contributed by atoms with Gasteiger partial charge in [0.15, 0.2) is 0 Å². The lowest BCUT2D eigenvalue weighted by molar-refractivity contribution is 0.0696. The molecule has 21 heavy (non-hydrogen) atoms. The number of nitrogens with zero attached hydrogens (tertiary/aromatic N) is 1. The average Bonchev–Trinajstić information content (AvgIpc) is 2.48. The zero-order valence-electron chi connectivity index (χ0n) is 11.9. The number of hydrogen-bond acceptors (Lipinski definition) is 4. The highest BCUT2D eigenvalue weighted by Gasteiger charge is 2.03. The number of carboxylic acid groups (broad SMARTS) is 1. The Morgan fingerprint density at radius 2 is 2.05 bits per heavy atom. The average molecular weight is 286 g/mol. The molecule has 0 spiro atoms. The molecule has 0 saturated heterocycles. The molecule has 5 nitrogen and oxygen atoms in total. The lowest BCUT2D eigenvalue weighted by Crippen LogP contribution is -2.14. The Bertz CT molecular complexity index is 597. The van der Waals surface area contributed by atoms with E-state index in [1.54, 1.807) is 19.2 Å². The zero-order chi connectivity index (χ0) is 15.1. The molecule has 0 aliphatic carbocycles. The number of benzene rings is 1. The SMILES string of the molecule is COCc1cccc(CNCc2ccc(C(=O)O)cn2)c1. The van der Waals surface area contributed by atoms with Gasteiger partial charge in [-0.05, 0) is 23.3 Å². The second kappa shape index (κ2) is 7.52. The molecule has 2 rings (SSSR count). The predicted molar refractivity (Wildman–Crippen MR) is 78.9 cm³/mol. The van der Waals surface area contributed by atoms with Gasteiger partial charge in [-0.25, -0.2) is 4.79 Å². The van der Waals surface area contributed by atoms with Gasteiger partial charge in [-0.15, -0.1) is 0 Å². The number of aromatic nitrogens is 1. The molecule has 0 aliphatic heterocycles. The third-order valence-electron chi connectivity index (χ3n) is 3.01. The molecule has 0 atom stereocenters.